The van der Waals surface area contributed by atoms with E-state index >= 15 is 0 Å². The summed E-state index contributed by atoms with van der Waals surface area (Å²) in [5.74, 6) is -0.163. The highest BCUT2D eigenvalue weighted by Crippen LogP contribution is 2.44. The van der Waals surface area contributed by atoms with Gasteiger partial charge in [-0.3, -0.25) is 0 Å². The van der Waals surface area contributed by atoms with Crippen LogP contribution in [-0.4, -0.2) is 47.8 Å². The molecular formula is C20H25NO6. The average Bonchev–Trinajstić information content (AvgIpc) is 3.33. The Labute approximate surface area is 158 Å². The Kier molecular flexibility index (Phi) is 5.07. The highest BCUT2D eigenvalue weighted by Gasteiger charge is 2.58. The lowest BCUT2D eigenvalue weighted by molar-refractivity contribution is -0.252. The summed E-state index contributed by atoms with van der Waals surface area (Å²) in [4.78, 5) is 0. The average molecular weight is 375 g/mol. The SMILES string of the molecule is CO[C@H]1O[C@H]([C@H](c2ccco2)N(O)Cc2ccccc2)[C@@H]2OC(C)(C)O[C@H]12. The van der Waals surface area contributed by atoms with Crippen LogP contribution in [0.4, 0.5) is 0 Å². The van der Waals surface area contributed by atoms with Crippen LogP contribution in [0.25, 0.3) is 0 Å². The summed E-state index contributed by atoms with van der Waals surface area (Å²) in [5.41, 5.74) is 0.971. The molecule has 1 N–H and O–H groups in total. The summed E-state index contributed by atoms with van der Waals surface area (Å²) >= 11 is 0. The fourth-order valence-electron chi connectivity index (χ4n) is 3.84. The van der Waals surface area contributed by atoms with Crippen molar-refractivity contribution in [2.24, 2.45) is 0 Å². The topological polar surface area (TPSA) is 73.5 Å². The summed E-state index contributed by atoms with van der Waals surface area (Å²) in [5, 5.41) is 12.2. The predicted octanol–water partition coefficient (Wildman–Crippen LogP) is 3.10. The van der Waals surface area contributed by atoms with Crippen LogP contribution >= 0.6 is 0 Å². The van der Waals surface area contributed by atoms with Crippen molar-refractivity contribution in [2.45, 2.75) is 56.8 Å². The van der Waals surface area contributed by atoms with E-state index in [0.29, 0.717) is 12.3 Å². The third kappa shape index (κ3) is 3.67. The summed E-state index contributed by atoms with van der Waals surface area (Å²) in [7, 11) is 1.57. The molecule has 7 heteroatoms. The molecule has 0 bridgehead atoms. The maximum atomic E-state index is 11.0. The molecule has 2 aliphatic heterocycles. The molecule has 2 aromatic rings. The first-order valence-corrected chi connectivity index (χ1v) is 9.05. The fourth-order valence-corrected chi connectivity index (χ4v) is 3.84. The monoisotopic (exact) mass is 375 g/mol. The van der Waals surface area contributed by atoms with Crippen LogP contribution < -0.4 is 0 Å². The second-order valence-corrected chi connectivity index (χ2v) is 7.31. The van der Waals surface area contributed by atoms with Gasteiger partial charge in [0.1, 0.15) is 30.1 Å². The van der Waals surface area contributed by atoms with Crippen LogP contribution in [-0.2, 0) is 25.5 Å². The molecule has 4 rings (SSSR count). The van der Waals surface area contributed by atoms with Crippen molar-refractivity contribution >= 4 is 0 Å². The number of hydroxylamine groups is 2. The van der Waals surface area contributed by atoms with Crippen molar-refractivity contribution < 1.29 is 28.6 Å². The molecular weight excluding hydrogens is 350 g/mol. The Bertz CT molecular complexity index is 734. The van der Waals surface area contributed by atoms with Crippen LogP contribution in [0.15, 0.2) is 53.1 Å². The quantitative estimate of drug-likeness (QED) is 0.778. The van der Waals surface area contributed by atoms with Gasteiger partial charge in [0.05, 0.1) is 6.26 Å². The van der Waals surface area contributed by atoms with Gasteiger partial charge in [0.15, 0.2) is 12.1 Å². The first-order chi connectivity index (χ1) is 13.0. The number of ether oxygens (including phenoxy) is 4. The molecule has 0 unspecified atom stereocenters. The van der Waals surface area contributed by atoms with E-state index in [1.807, 2.05) is 50.2 Å². The van der Waals surface area contributed by atoms with E-state index in [2.05, 4.69) is 0 Å². The minimum absolute atomic E-state index is 0.311. The van der Waals surface area contributed by atoms with E-state index < -0.39 is 30.3 Å². The lowest BCUT2D eigenvalue weighted by Gasteiger charge is -2.32. The van der Waals surface area contributed by atoms with Crippen molar-refractivity contribution in [2.75, 3.05) is 7.11 Å². The second kappa shape index (κ2) is 7.35. The smallest absolute Gasteiger partial charge is 0.186 e. The standard InChI is InChI=1S/C20H25NO6/c1-20(2)26-17-16(25-19(23-3)18(17)27-20)15(14-10-7-11-24-14)21(22)12-13-8-5-4-6-9-13/h4-11,15-19,22H,12H2,1-3H3/t15-,16+,17-,18-,19-/m0/s1. The Morgan fingerprint density at radius 3 is 2.52 bits per heavy atom. The third-order valence-electron chi connectivity index (χ3n) is 4.93. The van der Waals surface area contributed by atoms with Crippen molar-refractivity contribution in [3.63, 3.8) is 0 Å². The number of benzene rings is 1. The van der Waals surface area contributed by atoms with E-state index in [9.17, 15) is 5.21 Å². The van der Waals surface area contributed by atoms with Gasteiger partial charge in [0, 0.05) is 13.7 Å². The van der Waals surface area contributed by atoms with Gasteiger partial charge >= 0.3 is 0 Å². The molecule has 2 aliphatic rings. The van der Waals surface area contributed by atoms with Gasteiger partial charge in [-0.15, -0.1) is 0 Å². The highest BCUT2D eigenvalue weighted by atomic mass is 16.8. The molecule has 7 nitrogen and oxygen atoms in total. The van der Waals surface area contributed by atoms with Gasteiger partial charge in [0.25, 0.3) is 0 Å². The summed E-state index contributed by atoms with van der Waals surface area (Å²) in [6.45, 7) is 4.03. The Hall–Kier alpha value is -1.74. The largest absolute Gasteiger partial charge is 0.467 e. The highest BCUT2D eigenvalue weighted by molar-refractivity contribution is 5.16. The zero-order valence-corrected chi connectivity index (χ0v) is 15.6. The Balaban J connectivity index is 1.63. The first-order valence-electron chi connectivity index (χ1n) is 9.05. The molecule has 0 radical (unpaired) electrons. The van der Waals surface area contributed by atoms with Crippen molar-refractivity contribution in [1.82, 2.24) is 5.06 Å². The van der Waals surface area contributed by atoms with Crippen molar-refractivity contribution in [3.05, 3.63) is 60.1 Å². The molecule has 0 saturated carbocycles. The Morgan fingerprint density at radius 2 is 1.85 bits per heavy atom. The molecule has 5 atom stereocenters. The molecule has 1 aromatic heterocycles. The number of rotatable bonds is 6. The van der Waals surface area contributed by atoms with Crippen molar-refractivity contribution in [3.8, 4) is 0 Å². The lowest BCUT2D eigenvalue weighted by Crippen LogP contribution is -2.41. The second-order valence-electron chi connectivity index (χ2n) is 7.31. The van der Waals surface area contributed by atoms with E-state index in [-0.39, 0.29) is 6.10 Å². The minimum atomic E-state index is -0.748. The maximum absolute atomic E-state index is 11.0. The molecule has 27 heavy (non-hydrogen) atoms. The minimum Gasteiger partial charge on any atom is -0.467 e. The van der Waals surface area contributed by atoms with Gasteiger partial charge in [0.2, 0.25) is 0 Å². The maximum Gasteiger partial charge on any atom is 0.186 e. The summed E-state index contributed by atoms with van der Waals surface area (Å²) < 4.78 is 29.2. The molecule has 0 aliphatic carbocycles. The van der Waals surface area contributed by atoms with E-state index in [0.717, 1.165) is 5.56 Å². The van der Waals surface area contributed by atoms with E-state index in [1.54, 1.807) is 19.4 Å². The number of methoxy groups -OCH3 is 1. The molecule has 2 fully saturated rings. The lowest BCUT2D eigenvalue weighted by atomic mass is 10.0. The van der Waals surface area contributed by atoms with Crippen LogP contribution in [0.3, 0.4) is 0 Å². The van der Waals surface area contributed by atoms with Crippen molar-refractivity contribution in [1.29, 1.82) is 0 Å². The summed E-state index contributed by atoms with van der Waals surface area (Å²) in [6.07, 6.45) is -0.302. The first kappa shape index (κ1) is 18.6. The molecule has 0 amide bonds. The van der Waals surface area contributed by atoms with Gasteiger partial charge in [-0.1, -0.05) is 30.3 Å². The molecule has 2 saturated heterocycles. The number of furan rings is 1. The zero-order chi connectivity index (χ0) is 19.0. The van der Waals surface area contributed by atoms with Gasteiger partial charge < -0.3 is 28.6 Å². The van der Waals surface area contributed by atoms with Crippen LogP contribution in [0.5, 0.6) is 0 Å². The van der Waals surface area contributed by atoms with Gasteiger partial charge in [-0.05, 0) is 31.5 Å². The Morgan fingerprint density at radius 1 is 1.11 bits per heavy atom. The van der Waals surface area contributed by atoms with Gasteiger partial charge in [-0.25, -0.2) is 0 Å². The molecule has 1 aromatic carbocycles. The number of hydrogen-bond acceptors (Lipinski definition) is 7. The normalized spacial score (nSPS) is 30.6. The third-order valence-corrected chi connectivity index (χ3v) is 4.93. The van der Waals surface area contributed by atoms with Crippen LogP contribution in [0, 0.1) is 0 Å². The predicted molar refractivity (Wildman–Crippen MR) is 94.7 cm³/mol. The number of hydrogen-bond donors (Lipinski definition) is 1. The number of fused-ring (bicyclic) bond motifs is 1. The van der Waals surface area contributed by atoms with Crippen LogP contribution in [0.2, 0.25) is 0 Å². The van der Waals surface area contributed by atoms with E-state index in [4.69, 9.17) is 23.4 Å². The molecule has 146 valence electrons. The van der Waals surface area contributed by atoms with Gasteiger partial charge in [-0.2, -0.15) is 5.06 Å². The van der Waals surface area contributed by atoms with Crippen LogP contribution in [0.1, 0.15) is 31.2 Å². The number of nitrogens with zero attached hydrogens (tertiary/aromatic N) is 1. The van der Waals surface area contributed by atoms with E-state index in [1.165, 1.54) is 5.06 Å². The fraction of sp³-hybridized carbons (Fsp3) is 0.500. The molecule has 3 heterocycles. The summed E-state index contributed by atoms with van der Waals surface area (Å²) in [6, 6.07) is 12.7. The zero-order valence-electron chi connectivity index (χ0n) is 15.6. The molecule has 0 spiro atoms.